The molecule has 1 nitrogen and oxygen atoms in total. The summed E-state index contributed by atoms with van der Waals surface area (Å²) in [6.07, 6.45) is 13.5. The second kappa shape index (κ2) is 15.5. The van der Waals surface area contributed by atoms with Crippen LogP contribution in [0.25, 0.3) is 22.3 Å². The van der Waals surface area contributed by atoms with Gasteiger partial charge in [0.05, 0.1) is 12.7 Å². The van der Waals surface area contributed by atoms with E-state index in [1.165, 1.54) is 25.7 Å². The van der Waals surface area contributed by atoms with Crippen LogP contribution < -0.4 is 0 Å². The Balaban J connectivity index is 1.40. The molecule has 2 unspecified atom stereocenters. The molecule has 41 heavy (non-hydrogen) atoms. The van der Waals surface area contributed by atoms with Gasteiger partial charge in [-0.2, -0.15) is 0 Å². The Morgan fingerprint density at radius 3 is 1.80 bits per heavy atom. The van der Waals surface area contributed by atoms with Crippen molar-refractivity contribution in [3.05, 3.63) is 82.9 Å². The third-order valence-corrected chi connectivity index (χ3v) is 8.52. The molecule has 4 rings (SSSR count). The van der Waals surface area contributed by atoms with Crippen LogP contribution in [-0.4, -0.2) is 12.7 Å². The molecule has 0 N–H and O–H groups in total. The van der Waals surface area contributed by atoms with Crippen LogP contribution in [0, 0.1) is 23.3 Å². The van der Waals surface area contributed by atoms with Crippen LogP contribution in [0.5, 0.6) is 0 Å². The Hall–Kier alpha value is -2.66. The standard InChI is InChI=1S/C36H44F4O/c1-3-5-7-9-11-13-29-20-18-28(24-41-29)32-23-22-31(35(39)36(32)40)26-16-14-25(15-17-26)30-21-19-27(33(37)34(30)38)12-10-8-6-4-2/h14-17,19,21-23,28-29H,3-13,18,20,24H2,1-2H3. The van der Waals surface area contributed by atoms with E-state index >= 15 is 8.78 Å². The van der Waals surface area contributed by atoms with Gasteiger partial charge >= 0.3 is 0 Å². The van der Waals surface area contributed by atoms with Gasteiger partial charge in [-0.05, 0) is 54.4 Å². The fourth-order valence-electron chi connectivity index (χ4n) is 5.93. The smallest absolute Gasteiger partial charge is 0.166 e. The molecule has 0 saturated carbocycles. The van der Waals surface area contributed by atoms with Crippen LogP contribution in [0.1, 0.15) is 108 Å². The summed E-state index contributed by atoms with van der Waals surface area (Å²) in [7, 11) is 0. The van der Waals surface area contributed by atoms with Gasteiger partial charge in [0.15, 0.2) is 23.3 Å². The largest absolute Gasteiger partial charge is 0.378 e. The molecule has 1 aliphatic heterocycles. The van der Waals surface area contributed by atoms with Gasteiger partial charge in [0.1, 0.15) is 0 Å². The number of rotatable bonds is 14. The summed E-state index contributed by atoms with van der Waals surface area (Å²) in [6.45, 7) is 4.72. The van der Waals surface area contributed by atoms with Crippen molar-refractivity contribution < 1.29 is 22.3 Å². The van der Waals surface area contributed by atoms with E-state index in [4.69, 9.17) is 4.74 Å². The molecule has 1 saturated heterocycles. The van der Waals surface area contributed by atoms with Gasteiger partial charge in [-0.3, -0.25) is 0 Å². The second-order valence-corrected chi connectivity index (χ2v) is 11.6. The van der Waals surface area contributed by atoms with Crippen molar-refractivity contribution >= 4 is 0 Å². The molecule has 0 amide bonds. The minimum atomic E-state index is -0.891. The molecule has 0 spiro atoms. The predicted molar refractivity (Wildman–Crippen MR) is 160 cm³/mol. The van der Waals surface area contributed by atoms with Gasteiger partial charge in [-0.1, -0.05) is 114 Å². The normalized spacial score (nSPS) is 17.2. The van der Waals surface area contributed by atoms with Gasteiger partial charge in [-0.15, -0.1) is 0 Å². The van der Waals surface area contributed by atoms with Crippen LogP contribution in [0.15, 0.2) is 48.5 Å². The number of hydrogen-bond donors (Lipinski definition) is 0. The van der Waals surface area contributed by atoms with Crippen molar-refractivity contribution in [3.63, 3.8) is 0 Å². The van der Waals surface area contributed by atoms with E-state index in [0.717, 1.165) is 51.4 Å². The Morgan fingerprint density at radius 1 is 0.610 bits per heavy atom. The molecular formula is C36H44F4O. The maximum absolute atomic E-state index is 15.3. The zero-order valence-electron chi connectivity index (χ0n) is 24.6. The van der Waals surface area contributed by atoms with E-state index in [1.807, 2.05) is 0 Å². The average molecular weight is 569 g/mol. The van der Waals surface area contributed by atoms with Crippen molar-refractivity contribution in [2.45, 2.75) is 109 Å². The summed E-state index contributed by atoms with van der Waals surface area (Å²) in [4.78, 5) is 0. The predicted octanol–water partition coefficient (Wildman–Crippen LogP) is 11.3. The van der Waals surface area contributed by atoms with E-state index in [2.05, 4.69) is 13.8 Å². The molecule has 3 aromatic carbocycles. The Kier molecular flexibility index (Phi) is 11.9. The topological polar surface area (TPSA) is 9.23 Å². The van der Waals surface area contributed by atoms with Crippen LogP contribution in [0.2, 0.25) is 0 Å². The maximum Gasteiger partial charge on any atom is 0.166 e. The average Bonchev–Trinajstić information content (AvgIpc) is 2.99. The lowest BCUT2D eigenvalue weighted by atomic mass is 9.88. The lowest BCUT2D eigenvalue weighted by Gasteiger charge is -2.30. The van der Waals surface area contributed by atoms with E-state index in [-0.39, 0.29) is 23.1 Å². The van der Waals surface area contributed by atoms with Gasteiger partial charge in [0, 0.05) is 17.0 Å². The first-order valence-electron chi connectivity index (χ1n) is 15.6. The first-order chi connectivity index (χ1) is 19.9. The van der Waals surface area contributed by atoms with Crippen molar-refractivity contribution in [2.24, 2.45) is 0 Å². The summed E-state index contributed by atoms with van der Waals surface area (Å²) in [6, 6.07) is 13.0. The van der Waals surface area contributed by atoms with Gasteiger partial charge in [0.2, 0.25) is 0 Å². The van der Waals surface area contributed by atoms with Crippen LogP contribution in [0.3, 0.4) is 0 Å². The highest BCUT2D eigenvalue weighted by Crippen LogP contribution is 2.36. The third kappa shape index (κ3) is 8.00. The highest BCUT2D eigenvalue weighted by Gasteiger charge is 2.27. The lowest BCUT2D eigenvalue weighted by molar-refractivity contribution is -0.00283. The molecule has 0 aromatic heterocycles. The van der Waals surface area contributed by atoms with Crippen molar-refractivity contribution in [1.82, 2.24) is 0 Å². The Bertz CT molecular complexity index is 1250. The fraction of sp³-hybridized carbons (Fsp3) is 0.500. The van der Waals surface area contributed by atoms with Gasteiger partial charge in [-0.25, -0.2) is 17.6 Å². The molecule has 0 aliphatic carbocycles. The third-order valence-electron chi connectivity index (χ3n) is 8.52. The summed E-state index contributed by atoms with van der Waals surface area (Å²) in [5.41, 5.74) is 2.01. The highest BCUT2D eigenvalue weighted by atomic mass is 19.2. The van der Waals surface area contributed by atoms with Gasteiger partial charge < -0.3 is 4.74 Å². The van der Waals surface area contributed by atoms with E-state index < -0.39 is 23.3 Å². The van der Waals surface area contributed by atoms with E-state index in [1.54, 1.807) is 48.5 Å². The first kappa shape index (κ1) is 31.3. The minimum Gasteiger partial charge on any atom is -0.378 e. The molecule has 2 atom stereocenters. The lowest BCUT2D eigenvalue weighted by Crippen LogP contribution is -2.25. The highest BCUT2D eigenvalue weighted by molar-refractivity contribution is 5.71. The number of halogens is 4. The summed E-state index contributed by atoms with van der Waals surface area (Å²) in [5, 5.41) is 0. The Morgan fingerprint density at radius 2 is 1.20 bits per heavy atom. The van der Waals surface area contributed by atoms with Gasteiger partial charge in [0.25, 0.3) is 0 Å². The second-order valence-electron chi connectivity index (χ2n) is 11.6. The number of hydrogen-bond acceptors (Lipinski definition) is 1. The summed E-state index contributed by atoms with van der Waals surface area (Å²) < 4.78 is 66.2. The zero-order valence-corrected chi connectivity index (χ0v) is 24.6. The molecular weight excluding hydrogens is 524 g/mol. The number of unbranched alkanes of at least 4 members (excludes halogenated alkanes) is 7. The monoisotopic (exact) mass is 568 g/mol. The number of benzene rings is 3. The Labute approximate surface area is 243 Å². The molecule has 1 heterocycles. The SMILES string of the molecule is CCCCCCCC1CCC(c2ccc(-c3ccc(-c4ccc(CCCCCC)c(F)c4F)cc3)c(F)c2F)CO1. The molecule has 222 valence electrons. The maximum atomic E-state index is 15.3. The van der Waals surface area contributed by atoms with E-state index in [9.17, 15) is 8.78 Å². The summed E-state index contributed by atoms with van der Waals surface area (Å²) >= 11 is 0. The van der Waals surface area contributed by atoms with Crippen LogP contribution in [-0.2, 0) is 11.2 Å². The first-order valence-corrected chi connectivity index (χ1v) is 15.6. The van der Waals surface area contributed by atoms with Crippen LogP contribution >= 0.6 is 0 Å². The number of ether oxygens (including phenoxy) is 1. The zero-order chi connectivity index (χ0) is 29.2. The minimum absolute atomic E-state index is 0.147. The molecule has 1 aliphatic rings. The molecule has 1 fully saturated rings. The fourth-order valence-corrected chi connectivity index (χ4v) is 5.93. The van der Waals surface area contributed by atoms with Crippen molar-refractivity contribution in [2.75, 3.05) is 6.61 Å². The molecule has 3 aromatic rings. The van der Waals surface area contributed by atoms with Crippen molar-refractivity contribution in [1.29, 1.82) is 0 Å². The van der Waals surface area contributed by atoms with Crippen LogP contribution in [0.4, 0.5) is 17.6 Å². The molecule has 5 heteroatoms. The quantitative estimate of drug-likeness (QED) is 0.139. The molecule has 0 radical (unpaired) electrons. The number of aryl methyl sites for hydroxylation is 1. The van der Waals surface area contributed by atoms with Crippen molar-refractivity contribution in [3.8, 4) is 22.3 Å². The molecule has 0 bridgehead atoms. The van der Waals surface area contributed by atoms with E-state index in [0.29, 0.717) is 35.3 Å². The summed E-state index contributed by atoms with van der Waals surface area (Å²) in [5.74, 6) is -3.57.